The molecule has 26 heavy (non-hydrogen) atoms. The molecular formula is C25H50N+. The number of hydrogen-bond donors (Lipinski definition) is 0. The number of nitrogens with zero attached hydrogens (tertiary/aromatic N) is 1. The summed E-state index contributed by atoms with van der Waals surface area (Å²) in [5, 5.41) is 0. The molecule has 154 valence electrons. The number of allylic oxidation sites excluding steroid dienone is 2. The van der Waals surface area contributed by atoms with Crippen molar-refractivity contribution in [3.05, 3.63) is 24.8 Å². The van der Waals surface area contributed by atoms with E-state index in [0.29, 0.717) is 0 Å². The van der Waals surface area contributed by atoms with Crippen molar-refractivity contribution in [2.45, 2.75) is 110 Å². The summed E-state index contributed by atoms with van der Waals surface area (Å²) in [4.78, 5) is 0. The molecule has 0 saturated carbocycles. The molecule has 0 aromatic heterocycles. The Morgan fingerprint density at radius 3 is 1.46 bits per heavy atom. The van der Waals surface area contributed by atoms with Gasteiger partial charge in [0.05, 0.1) is 27.2 Å². The van der Waals surface area contributed by atoms with Gasteiger partial charge in [-0.2, -0.15) is 0 Å². The lowest BCUT2D eigenvalue weighted by Crippen LogP contribution is -2.41. The summed E-state index contributed by atoms with van der Waals surface area (Å²) in [6.07, 6.45) is 24.4. The summed E-state index contributed by atoms with van der Waals surface area (Å²) < 4.78 is 1.16. The van der Waals surface area contributed by atoms with Crippen LogP contribution in [0.5, 0.6) is 0 Å². The summed E-state index contributed by atoms with van der Waals surface area (Å²) in [5.41, 5.74) is 1.18. The van der Waals surface area contributed by atoms with Gasteiger partial charge < -0.3 is 4.48 Å². The standard InChI is InChI=1S/C25H50N/c1-6-8-9-10-11-12-13-14-15-16-17-18-19-20-23-26(4,5)24-21-22-25(3)7-2/h7H,2-3,6,8-24H2,1,4-5H3/q+1. The maximum atomic E-state index is 4.01. The highest BCUT2D eigenvalue weighted by Crippen LogP contribution is 2.14. The van der Waals surface area contributed by atoms with Crippen LogP contribution in [0.4, 0.5) is 0 Å². The van der Waals surface area contributed by atoms with Gasteiger partial charge in [0.25, 0.3) is 0 Å². The molecule has 0 aliphatic carbocycles. The van der Waals surface area contributed by atoms with Gasteiger partial charge >= 0.3 is 0 Å². The summed E-state index contributed by atoms with van der Waals surface area (Å²) in [5.74, 6) is 0. The SMILES string of the molecule is C=CC(=C)CCC[N+](C)(C)CCCCCCCCCCCCCCCC. The number of quaternary nitrogens is 1. The Labute approximate surface area is 166 Å². The van der Waals surface area contributed by atoms with Gasteiger partial charge in [0.1, 0.15) is 0 Å². The zero-order chi connectivity index (χ0) is 19.5. The fourth-order valence-corrected chi connectivity index (χ4v) is 3.68. The first-order valence-corrected chi connectivity index (χ1v) is 11.6. The predicted molar refractivity (Wildman–Crippen MR) is 121 cm³/mol. The summed E-state index contributed by atoms with van der Waals surface area (Å²) >= 11 is 0. The maximum absolute atomic E-state index is 4.01. The minimum absolute atomic E-state index is 1.10. The second kappa shape index (κ2) is 17.8. The van der Waals surface area contributed by atoms with Crippen LogP contribution in [0.2, 0.25) is 0 Å². The molecule has 0 amide bonds. The van der Waals surface area contributed by atoms with Gasteiger partial charge in [-0.05, 0) is 19.3 Å². The van der Waals surface area contributed by atoms with Crippen molar-refractivity contribution in [1.82, 2.24) is 0 Å². The Kier molecular flexibility index (Phi) is 17.4. The largest absolute Gasteiger partial charge is 0.328 e. The Morgan fingerprint density at radius 1 is 0.654 bits per heavy atom. The quantitative estimate of drug-likeness (QED) is 0.116. The number of rotatable bonds is 20. The van der Waals surface area contributed by atoms with Gasteiger partial charge in [-0.1, -0.05) is 109 Å². The zero-order valence-electron chi connectivity index (χ0n) is 18.7. The molecule has 0 bridgehead atoms. The van der Waals surface area contributed by atoms with Crippen molar-refractivity contribution in [2.75, 3.05) is 27.2 Å². The van der Waals surface area contributed by atoms with Crippen LogP contribution >= 0.6 is 0 Å². The smallest absolute Gasteiger partial charge is 0.0785 e. The molecule has 0 N–H and O–H groups in total. The van der Waals surface area contributed by atoms with Crippen LogP contribution in [-0.4, -0.2) is 31.7 Å². The molecule has 1 heteroatoms. The van der Waals surface area contributed by atoms with Gasteiger partial charge in [-0.3, -0.25) is 0 Å². The average Bonchev–Trinajstić information content (AvgIpc) is 2.61. The van der Waals surface area contributed by atoms with E-state index in [0.717, 1.165) is 10.9 Å². The highest BCUT2D eigenvalue weighted by atomic mass is 15.3. The van der Waals surface area contributed by atoms with Gasteiger partial charge in [0.15, 0.2) is 0 Å². The lowest BCUT2D eigenvalue weighted by atomic mass is 10.0. The lowest BCUT2D eigenvalue weighted by Gasteiger charge is -2.30. The van der Waals surface area contributed by atoms with Crippen LogP contribution in [0.1, 0.15) is 110 Å². The third kappa shape index (κ3) is 18.2. The van der Waals surface area contributed by atoms with E-state index < -0.39 is 0 Å². The molecule has 0 aliphatic rings. The third-order valence-electron chi connectivity index (χ3n) is 5.67. The topological polar surface area (TPSA) is 0 Å². The van der Waals surface area contributed by atoms with Crippen LogP contribution in [0.25, 0.3) is 0 Å². The zero-order valence-corrected chi connectivity index (χ0v) is 18.7. The fraction of sp³-hybridized carbons (Fsp3) is 0.840. The lowest BCUT2D eigenvalue weighted by molar-refractivity contribution is -0.890. The van der Waals surface area contributed by atoms with E-state index in [1.54, 1.807) is 0 Å². The Balaban J connectivity index is 3.31. The van der Waals surface area contributed by atoms with Crippen molar-refractivity contribution in [3.63, 3.8) is 0 Å². The van der Waals surface area contributed by atoms with Gasteiger partial charge in [-0.25, -0.2) is 0 Å². The van der Waals surface area contributed by atoms with Gasteiger partial charge in [-0.15, -0.1) is 0 Å². The molecule has 0 aromatic carbocycles. The van der Waals surface area contributed by atoms with Crippen LogP contribution in [-0.2, 0) is 0 Å². The van der Waals surface area contributed by atoms with Crippen molar-refractivity contribution < 1.29 is 4.48 Å². The predicted octanol–water partition coefficient (Wildman–Crippen LogP) is 8.07. The first kappa shape index (κ1) is 25.4. The van der Waals surface area contributed by atoms with Gasteiger partial charge in [0, 0.05) is 6.42 Å². The maximum Gasteiger partial charge on any atom is 0.0785 e. The van der Waals surface area contributed by atoms with Crippen LogP contribution in [0, 0.1) is 0 Å². The van der Waals surface area contributed by atoms with Crippen molar-refractivity contribution in [3.8, 4) is 0 Å². The Morgan fingerprint density at radius 2 is 1.04 bits per heavy atom. The minimum atomic E-state index is 1.10. The van der Waals surface area contributed by atoms with E-state index in [2.05, 4.69) is 34.2 Å². The van der Waals surface area contributed by atoms with E-state index in [1.165, 1.54) is 115 Å². The second-order valence-corrected chi connectivity index (χ2v) is 8.95. The molecule has 0 aliphatic heterocycles. The summed E-state index contributed by atoms with van der Waals surface area (Å²) in [7, 11) is 4.75. The van der Waals surface area contributed by atoms with Crippen LogP contribution < -0.4 is 0 Å². The average molecular weight is 365 g/mol. The first-order valence-electron chi connectivity index (χ1n) is 11.6. The van der Waals surface area contributed by atoms with Crippen LogP contribution in [0.15, 0.2) is 24.8 Å². The highest BCUT2D eigenvalue weighted by molar-refractivity contribution is 5.10. The molecule has 0 spiro atoms. The summed E-state index contributed by atoms with van der Waals surface area (Å²) in [6.45, 7) is 12.7. The molecule has 1 nitrogen and oxygen atoms in total. The van der Waals surface area contributed by atoms with E-state index in [-0.39, 0.29) is 0 Å². The molecule has 0 fully saturated rings. The van der Waals surface area contributed by atoms with E-state index in [1.807, 2.05) is 6.08 Å². The summed E-state index contributed by atoms with van der Waals surface area (Å²) in [6, 6.07) is 0. The molecule has 0 radical (unpaired) electrons. The minimum Gasteiger partial charge on any atom is -0.328 e. The van der Waals surface area contributed by atoms with Crippen molar-refractivity contribution >= 4 is 0 Å². The Hall–Kier alpha value is -0.560. The van der Waals surface area contributed by atoms with Gasteiger partial charge in [0.2, 0.25) is 0 Å². The third-order valence-corrected chi connectivity index (χ3v) is 5.67. The fourth-order valence-electron chi connectivity index (χ4n) is 3.68. The molecule has 0 atom stereocenters. The normalized spacial score (nSPS) is 11.7. The van der Waals surface area contributed by atoms with Crippen molar-refractivity contribution in [1.29, 1.82) is 0 Å². The molecule has 0 rings (SSSR count). The number of hydrogen-bond acceptors (Lipinski definition) is 0. The Bertz CT molecular complexity index is 329. The molecule has 0 unspecified atom stereocenters. The van der Waals surface area contributed by atoms with E-state index in [9.17, 15) is 0 Å². The van der Waals surface area contributed by atoms with Crippen molar-refractivity contribution in [2.24, 2.45) is 0 Å². The first-order chi connectivity index (χ1) is 12.5. The monoisotopic (exact) mass is 364 g/mol. The number of unbranched alkanes of at least 4 members (excludes halogenated alkanes) is 13. The van der Waals surface area contributed by atoms with Crippen LogP contribution in [0.3, 0.4) is 0 Å². The van der Waals surface area contributed by atoms with E-state index in [4.69, 9.17) is 0 Å². The molecular weight excluding hydrogens is 314 g/mol. The van der Waals surface area contributed by atoms with E-state index >= 15 is 0 Å². The highest BCUT2D eigenvalue weighted by Gasteiger charge is 2.13. The molecule has 0 saturated heterocycles. The molecule has 0 heterocycles. The molecule has 0 aromatic rings. The second-order valence-electron chi connectivity index (χ2n) is 8.95.